The van der Waals surface area contributed by atoms with Crippen molar-refractivity contribution in [2.24, 2.45) is 0 Å². The van der Waals surface area contributed by atoms with Gasteiger partial charge in [-0.05, 0) is 36.6 Å². The van der Waals surface area contributed by atoms with E-state index >= 15 is 0 Å². The first kappa shape index (κ1) is 12.6. The van der Waals surface area contributed by atoms with Crippen molar-refractivity contribution in [1.82, 2.24) is 4.90 Å². The summed E-state index contributed by atoms with van der Waals surface area (Å²) in [4.78, 5) is 13.5. The first-order chi connectivity index (χ1) is 8.70. The smallest absolute Gasteiger partial charge is 0.246 e. The van der Waals surface area contributed by atoms with E-state index in [1.165, 1.54) is 19.3 Å². The van der Waals surface area contributed by atoms with Crippen LogP contribution in [0.4, 0.5) is 4.39 Å². The molecule has 4 heteroatoms. The largest absolute Gasteiger partial charge is 0.494 e. The Balaban J connectivity index is 2.04. The Morgan fingerprint density at radius 2 is 2.11 bits per heavy atom. The molecule has 2 rings (SSSR count). The van der Waals surface area contributed by atoms with Gasteiger partial charge in [0.15, 0.2) is 11.6 Å². The van der Waals surface area contributed by atoms with Gasteiger partial charge in [-0.25, -0.2) is 4.39 Å². The monoisotopic (exact) mass is 249 g/mol. The van der Waals surface area contributed by atoms with Gasteiger partial charge in [0.05, 0.1) is 7.11 Å². The lowest BCUT2D eigenvalue weighted by Gasteiger charge is -2.11. The summed E-state index contributed by atoms with van der Waals surface area (Å²) in [5.41, 5.74) is 0.654. The minimum atomic E-state index is -0.423. The standard InChI is InChI=1S/C14H16FNO2/c1-18-13-6-4-11(10-12(13)15)5-7-14(17)16-8-2-3-9-16/h4-7,10H,2-3,8-9H2,1H3. The van der Waals surface area contributed by atoms with E-state index in [-0.39, 0.29) is 11.7 Å². The molecule has 1 heterocycles. The van der Waals surface area contributed by atoms with Crippen LogP contribution in [0.1, 0.15) is 18.4 Å². The molecule has 0 bridgehead atoms. The minimum absolute atomic E-state index is 0.0104. The Bertz CT molecular complexity index is 465. The number of halogens is 1. The summed E-state index contributed by atoms with van der Waals surface area (Å²) in [6.45, 7) is 1.64. The van der Waals surface area contributed by atoms with Crippen LogP contribution in [0.3, 0.4) is 0 Å². The van der Waals surface area contributed by atoms with Crippen molar-refractivity contribution in [2.45, 2.75) is 12.8 Å². The van der Waals surface area contributed by atoms with Crippen molar-refractivity contribution in [3.8, 4) is 5.75 Å². The van der Waals surface area contributed by atoms with Gasteiger partial charge in [-0.15, -0.1) is 0 Å². The van der Waals surface area contributed by atoms with Gasteiger partial charge in [0.2, 0.25) is 5.91 Å². The molecule has 1 saturated heterocycles. The zero-order valence-electron chi connectivity index (χ0n) is 10.4. The zero-order chi connectivity index (χ0) is 13.0. The van der Waals surface area contributed by atoms with Gasteiger partial charge in [0, 0.05) is 19.2 Å². The van der Waals surface area contributed by atoms with Crippen LogP contribution in [0, 0.1) is 5.82 Å². The SMILES string of the molecule is COc1ccc(C=CC(=O)N2CCCC2)cc1F. The van der Waals surface area contributed by atoms with E-state index in [1.54, 1.807) is 23.1 Å². The summed E-state index contributed by atoms with van der Waals surface area (Å²) < 4.78 is 18.3. The Hall–Kier alpha value is -1.84. The minimum Gasteiger partial charge on any atom is -0.494 e. The van der Waals surface area contributed by atoms with Crippen LogP contribution in [0.25, 0.3) is 6.08 Å². The zero-order valence-corrected chi connectivity index (χ0v) is 10.4. The van der Waals surface area contributed by atoms with Gasteiger partial charge in [0.25, 0.3) is 0 Å². The summed E-state index contributed by atoms with van der Waals surface area (Å²) in [6, 6.07) is 4.62. The molecule has 0 saturated carbocycles. The van der Waals surface area contributed by atoms with Gasteiger partial charge in [-0.2, -0.15) is 0 Å². The molecule has 0 aromatic heterocycles. The number of likely N-dealkylation sites (tertiary alicyclic amines) is 1. The van der Waals surface area contributed by atoms with Crippen LogP contribution in [-0.2, 0) is 4.79 Å². The average Bonchev–Trinajstić information content (AvgIpc) is 2.90. The molecular weight excluding hydrogens is 233 g/mol. The van der Waals surface area contributed by atoms with Crippen molar-refractivity contribution in [3.63, 3.8) is 0 Å². The second kappa shape index (κ2) is 5.67. The van der Waals surface area contributed by atoms with Gasteiger partial charge < -0.3 is 9.64 Å². The first-order valence-corrected chi connectivity index (χ1v) is 6.01. The Morgan fingerprint density at radius 3 is 2.72 bits per heavy atom. The number of benzene rings is 1. The highest BCUT2D eigenvalue weighted by Gasteiger charge is 2.15. The van der Waals surface area contributed by atoms with E-state index in [9.17, 15) is 9.18 Å². The predicted molar refractivity (Wildman–Crippen MR) is 67.8 cm³/mol. The Kier molecular flexibility index (Phi) is 3.97. The Labute approximate surface area is 106 Å². The quantitative estimate of drug-likeness (QED) is 0.770. The van der Waals surface area contributed by atoms with Crippen molar-refractivity contribution < 1.29 is 13.9 Å². The lowest BCUT2D eigenvalue weighted by Crippen LogP contribution is -2.25. The van der Waals surface area contributed by atoms with Crippen molar-refractivity contribution in [3.05, 3.63) is 35.7 Å². The molecule has 0 spiro atoms. The topological polar surface area (TPSA) is 29.5 Å². The highest BCUT2D eigenvalue weighted by atomic mass is 19.1. The molecule has 1 aliphatic rings. The van der Waals surface area contributed by atoms with E-state index in [1.807, 2.05) is 0 Å². The lowest BCUT2D eigenvalue weighted by molar-refractivity contribution is -0.124. The summed E-state index contributed by atoms with van der Waals surface area (Å²) in [5, 5.41) is 0. The van der Waals surface area contributed by atoms with Crippen LogP contribution < -0.4 is 4.74 Å². The van der Waals surface area contributed by atoms with Gasteiger partial charge in [-0.1, -0.05) is 6.07 Å². The predicted octanol–water partition coefficient (Wildman–Crippen LogP) is 2.47. The van der Waals surface area contributed by atoms with E-state index in [2.05, 4.69) is 0 Å². The van der Waals surface area contributed by atoms with E-state index < -0.39 is 5.82 Å². The molecule has 3 nitrogen and oxygen atoms in total. The number of ether oxygens (including phenoxy) is 1. The third-order valence-corrected chi connectivity index (χ3v) is 3.01. The highest BCUT2D eigenvalue weighted by molar-refractivity contribution is 5.91. The lowest BCUT2D eigenvalue weighted by atomic mass is 10.2. The van der Waals surface area contributed by atoms with E-state index in [0.29, 0.717) is 5.56 Å². The molecule has 1 fully saturated rings. The molecule has 1 aromatic rings. The number of hydrogen-bond donors (Lipinski definition) is 0. The molecular formula is C14H16FNO2. The molecule has 0 atom stereocenters. The van der Waals surface area contributed by atoms with E-state index in [4.69, 9.17) is 4.74 Å². The Morgan fingerprint density at radius 1 is 1.39 bits per heavy atom. The maximum Gasteiger partial charge on any atom is 0.246 e. The second-order valence-electron chi connectivity index (χ2n) is 4.26. The summed E-state index contributed by atoms with van der Waals surface area (Å²) in [7, 11) is 1.42. The molecule has 96 valence electrons. The van der Waals surface area contributed by atoms with E-state index in [0.717, 1.165) is 25.9 Å². The normalized spacial score (nSPS) is 15.3. The number of nitrogens with zero attached hydrogens (tertiary/aromatic N) is 1. The fraction of sp³-hybridized carbons (Fsp3) is 0.357. The van der Waals surface area contributed by atoms with Gasteiger partial charge in [-0.3, -0.25) is 4.79 Å². The first-order valence-electron chi connectivity index (χ1n) is 6.01. The number of rotatable bonds is 3. The summed E-state index contributed by atoms with van der Waals surface area (Å²) in [5.74, 6) is -0.227. The van der Waals surface area contributed by atoms with Crippen LogP contribution >= 0.6 is 0 Å². The van der Waals surface area contributed by atoms with Crippen LogP contribution in [0.5, 0.6) is 5.75 Å². The molecule has 0 unspecified atom stereocenters. The molecule has 1 amide bonds. The van der Waals surface area contributed by atoms with Gasteiger partial charge in [0.1, 0.15) is 0 Å². The van der Waals surface area contributed by atoms with Crippen LogP contribution in [-0.4, -0.2) is 31.0 Å². The molecule has 1 aromatic carbocycles. The third-order valence-electron chi connectivity index (χ3n) is 3.01. The highest BCUT2D eigenvalue weighted by Crippen LogP contribution is 2.18. The number of carbonyl (C=O) groups excluding carboxylic acids is 1. The fourth-order valence-corrected chi connectivity index (χ4v) is 2.00. The molecule has 0 aliphatic carbocycles. The van der Waals surface area contributed by atoms with Crippen LogP contribution in [0.2, 0.25) is 0 Å². The summed E-state index contributed by atoms with van der Waals surface area (Å²) in [6.07, 6.45) is 5.25. The van der Waals surface area contributed by atoms with Crippen molar-refractivity contribution in [2.75, 3.05) is 20.2 Å². The summed E-state index contributed by atoms with van der Waals surface area (Å²) >= 11 is 0. The fourth-order valence-electron chi connectivity index (χ4n) is 2.00. The third kappa shape index (κ3) is 2.88. The maximum atomic E-state index is 13.4. The second-order valence-corrected chi connectivity index (χ2v) is 4.26. The molecule has 18 heavy (non-hydrogen) atoms. The number of carbonyl (C=O) groups is 1. The van der Waals surface area contributed by atoms with Crippen molar-refractivity contribution >= 4 is 12.0 Å². The van der Waals surface area contributed by atoms with Crippen molar-refractivity contribution in [1.29, 1.82) is 0 Å². The average molecular weight is 249 g/mol. The molecule has 1 aliphatic heterocycles. The maximum absolute atomic E-state index is 13.4. The molecule has 0 radical (unpaired) electrons. The number of hydrogen-bond acceptors (Lipinski definition) is 2. The van der Waals surface area contributed by atoms with Crippen LogP contribution in [0.15, 0.2) is 24.3 Å². The number of amides is 1. The number of methoxy groups -OCH3 is 1. The molecule has 0 N–H and O–H groups in total. The van der Waals surface area contributed by atoms with Gasteiger partial charge >= 0.3 is 0 Å².